The van der Waals surface area contributed by atoms with Crippen LogP contribution in [0.15, 0.2) is 34.4 Å². The Balaban J connectivity index is 2.48. The Morgan fingerprint density at radius 2 is 2.40 bits per heavy atom. The summed E-state index contributed by atoms with van der Waals surface area (Å²) in [6.45, 7) is 0. The average molecular weight is 151 g/mol. The van der Waals surface area contributed by atoms with Crippen LogP contribution < -0.4 is 0 Å². The van der Waals surface area contributed by atoms with Crippen molar-refractivity contribution < 1.29 is 4.52 Å². The minimum Gasteiger partial charge on any atom is -0.364 e. The van der Waals surface area contributed by atoms with Gasteiger partial charge in [-0.1, -0.05) is 11.2 Å². The highest BCUT2D eigenvalue weighted by molar-refractivity contribution is 7.13. The van der Waals surface area contributed by atoms with Crippen LogP contribution in [0.4, 0.5) is 0 Å². The van der Waals surface area contributed by atoms with Crippen molar-refractivity contribution in [3.05, 3.63) is 29.8 Å². The molecule has 0 aliphatic rings. The van der Waals surface area contributed by atoms with Crippen molar-refractivity contribution in [1.82, 2.24) is 5.16 Å². The molecule has 10 heavy (non-hydrogen) atoms. The molecule has 0 saturated heterocycles. The van der Waals surface area contributed by atoms with Gasteiger partial charge in [0.05, 0.1) is 4.88 Å². The van der Waals surface area contributed by atoms with Crippen molar-refractivity contribution in [2.45, 2.75) is 0 Å². The normalized spacial score (nSPS) is 10.0. The average Bonchev–Trinajstić information content (AvgIpc) is 2.59. The van der Waals surface area contributed by atoms with E-state index in [-0.39, 0.29) is 0 Å². The van der Waals surface area contributed by atoms with E-state index in [0.717, 1.165) is 10.6 Å². The summed E-state index contributed by atoms with van der Waals surface area (Å²) in [5.41, 5.74) is 0.912. The van der Waals surface area contributed by atoms with Crippen molar-refractivity contribution in [2.75, 3.05) is 0 Å². The van der Waals surface area contributed by atoms with E-state index in [1.165, 1.54) is 0 Å². The van der Waals surface area contributed by atoms with E-state index >= 15 is 0 Å². The van der Waals surface area contributed by atoms with Crippen LogP contribution in [0.5, 0.6) is 0 Å². The highest BCUT2D eigenvalue weighted by Gasteiger charge is 1.99. The van der Waals surface area contributed by atoms with E-state index in [0.29, 0.717) is 0 Å². The summed E-state index contributed by atoms with van der Waals surface area (Å²) < 4.78 is 4.69. The number of nitrogens with zero attached hydrogens (tertiary/aromatic N) is 1. The molecule has 0 fully saturated rings. The maximum atomic E-state index is 4.69. The molecule has 2 aromatic heterocycles. The van der Waals surface area contributed by atoms with Crippen LogP contribution >= 0.6 is 11.3 Å². The molecule has 3 heteroatoms. The van der Waals surface area contributed by atoms with Crippen LogP contribution in [0, 0.1) is 0 Å². The Labute approximate surface area is 62.1 Å². The predicted octanol–water partition coefficient (Wildman–Crippen LogP) is 2.40. The van der Waals surface area contributed by atoms with Crippen LogP contribution in [0.3, 0.4) is 0 Å². The van der Waals surface area contributed by atoms with E-state index in [9.17, 15) is 0 Å². The van der Waals surface area contributed by atoms with Gasteiger partial charge in [0, 0.05) is 6.07 Å². The first-order valence-electron chi connectivity index (χ1n) is 2.91. The summed E-state index contributed by atoms with van der Waals surface area (Å²) in [4.78, 5) is 1.15. The van der Waals surface area contributed by atoms with Crippen LogP contribution in [0.1, 0.15) is 0 Å². The zero-order valence-corrected chi connectivity index (χ0v) is 5.97. The first-order chi connectivity index (χ1) is 4.97. The zero-order valence-electron chi connectivity index (χ0n) is 5.15. The molecule has 2 rings (SSSR count). The Kier molecular flexibility index (Phi) is 1.29. The SMILES string of the molecule is c1csc(-c2ccon2)c1. The molecule has 2 heterocycles. The monoisotopic (exact) mass is 151 g/mol. The van der Waals surface area contributed by atoms with Crippen LogP contribution in [0.25, 0.3) is 10.6 Å². The molecule has 2 aromatic rings. The fourth-order valence-electron chi connectivity index (χ4n) is 0.764. The van der Waals surface area contributed by atoms with Gasteiger partial charge >= 0.3 is 0 Å². The van der Waals surface area contributed by atoms with Crippen molar-refractivity contribution in [3.8, 4) is 10.6 Å². The van der Waals surface area contributed by atoms with Crippen LogP contribution in [-0.4, -0.2) is 5.16 Å². The summed E-state index contributed by atoms with van der Waals surface area (Å²) in [6, 6.07) is 5.86. The van der Waals surface area contributed by atoms with Crippen molar-refractivity contribution in [3.63, 3.8) is 0 Å². The third-order valence-corrected chi connectivity index (χ3v) is 2.10. The summed E-state index contributed by atoms with van der Waals surface area (Å²) in [5, 5.41) is 5.81. The number of rotatable bonds is 1. The van der Waals surface area contributed by atoms with E-state index in [4.69, 9.17) is 4.52 Å². The highest BCUT2D eigenvalue weighted by atomic mass is 32.1. The Morgan fingerprint density at radius 1 is 1.40 bits per heavy atom. The molecule has 2 nitrogen and oxygen atoms in total. The number of aromatic nitrogens is 1. The molecule has 0 unspecified atom stereocenters. The lowest BCUT2D eigenvalue weighted by atomic mass is 10.4. The van der Waals surface area contributed by atoms with E-state index in [1.54, 1.807) is 17.6 Å². The maximum Gasteiger partial charge on any atom is 0.124 e. The molecular formula is C7H5NOS. The summed E-state index contributed by atoms with van der Waals surface area (Å²) in [5.74, 6) is 0. The third kappa shape index (κ3) is 0.844. The van der Waals surface area contributed by atoms with Crippen molar-refractivity contribution in [1.29, 1.82) is 0 Å². The summed E-state index contributed by atoms with van der Waals surface area (Å²) in [7, 11) is 0. The Bertz CT molecular complexity index is 253. The first kappa shape index (κ1) is 5.68. The van der Waals surface area contributed by atoms with E-state index < -0.39 is 0 Å². The van der Waals surface area contributed by atoms with Gasteiger partial charge in [0.25, 0.3) is 0 Å². The van der Waals surface area contributed by atoms with Gasteiger partial charge in [-0.25, -0.2) is 0 Å². The molecule has 0 atom stereocenters. The molecule has 50 valence electrons. The van der Waals surface area contributed by atoms with Gasteiger partial charge < -0.3 is 4.52 Å². The number of hydrogen-bond donors (Lipinski definition) is 0. The van der Waals surface area contributed by atoms with Gasteiger partial charge in [0.2, 0.25) is 0 Å². The molecule has 0 spiro atoms. The second kappa shape index (κ2) is 2.27. The summed E-state index contributed by atoms with van der Waals surface area (Å²) >= 11 is 1.66. The molecule has 0 N–H and O–H groups in total. The lowest BCUT2D eigenvalue weighted by Crippen LogP contribution is -1.65. The highest BCUT2D eigenvalue weighted by Crippen LogP contribution is 2.21. The first-order valence-corrected chi connectivity index (χ1v) is 3.79. The Hall–Kier alpha value is -1.09. The van der Waals surface area contributed by atoms with Crippen LogP contribution in [0.2, 0.25) is 0 Å². The Morgan fingerprint density at radius 3 is 3.00 bits per heavy atom. The molecule has 0 aliphatic carbocycles. The fraction of sp³-hybridized carbons (Fsp3) is 0. The lowest BCUT2D eigenvalue weighted by molar-refractivity contribution is 0.422. The van der Waals surface area contributed by atoms with Crippen LogP contribution in [-0.2, 0) is 0 Å². The van der Waals surface area contributed by atoms with Gasteiger partial charge in [0.15, 0.2) is 0 Å². The van der Waals surface area contributed by atoms with E-state index in [2.05, 4.69) is 5.16 Å². The van der Waals surface area contributed by atoms with Crippen molar-refractivity contribution in [2.24, 2.45) is 0 Å². The third-order valence-electron chi connectivity index (χ3n) is 1.21. The molecule has 0 saturated carbocycles. The molecule has 0 radical (unpaired) electrons. The molecule has 0 aliphatic heterocycles. The molecule has 0 bridgehead atoms. The largest absolute Gasteiger partial charge is 0.364 e. The molecule has 0 amide bonds. The molecular weight excluding hydrogens is 146 g/mol. The number of hydrogen-bond acceptors (Lipinski definition) is 3. The molecule has 0 aromatic carbocycles. The zero-order chi connectivity index (χ0) is 6.81. The smallest absolute Gasteiger partial charge is 0.124 e. The second-order valence-electron chi connectivity index (χ2n) is 1.86. The van der Waals surface area contributed by atoms with Gasteiger partial charge in [-0.05, 0) is 11.4 Å². The maximum absolute atomic E-state index is 4.69. The minimum absolute atomic E-state index is 0.912. The minimum atomic E-state index is 0.912. The van der Waals surface area contributed by atoms with Gasteiger partial charge in [0.1, 0.15) is 12.0 Å². The van der Waals surface area contributed by atoms with Gasteiger partial charge in [-0.3, -0.25) is 0 Å². The van der Waals surface area contributed by atoms with Crippen molar-refractivity contribution >= 4 is 11.3 Å². The standard InChI is InChI=1S/C7H5NOS/c1-2-7(10-5-1)6-3-4-9-8-6/h1-5H. The van der Waals surface area contributed by atoms with Gasteiger partial charge in [-0.15, -0.1) is 11.3 Å². The quantitative estimate of drug-likeness (QED) is 0.625. The number of thiophene rings is 1. The summed E-state index contributed by atoms with van der Waals surface area (Å²) in [6.07, 6.45) is 1.58. The second-order valence-corrected chi connectivity index (χ2v) is 2.81. The fourth-order valence-corrected chi connectivity index (χ4v) is 1.45. The van der Waals surface area contributed by atoms with E-state index in [1.807, 2.05) is 23.6 Å². The topological polar surface area (TPSA) is 26.0 Å². The lowest BCUT2D eigenvalue weighted by Gasteiger charge is -1.81. The van der Waals surface area contributed by atoms with Gasteiger partial charge in [-0.2, -0.15) is 0 Å². The predicted molar refractivity (Wildman–Crippen MR) is 39.8 cm³/mol.